The van der Waals surface area contributed by atoms with E-state index in [9.17, 15) is 0 Å². The molecule has 0 radical (unpaired) electrons. The number of rotatable bonds is 6. The van der Waals surface area contributed by atoms with Gasteiger partial charge in [-0.15, -0.1) is 11.3 Å². The first-order valence-corrected chi connectivity index (χ1v) is 7.35. The molecule has 0 fully saturated rings. The lowest BCUT2D eigenvalue weighted by Crippen LogP contribution is -2.23. The highest BCUT2D eigenvalue weighted by Gasteiger charge is 2.12. The summed E-state index contributed by atoms with van der Waals surface area (Å²) in [5, 5.41) is 3.61. The third-order valence-electron chi connectivity index (χ3n) is 2.96. The molecule has 3 heteroatoms. The van der Waals surface area contributed by atoms with Crippen LogP contribution in [0.1, 0.15) is 35.4 Å². The van der Waals surface area contributed by atoms with Crippen molar-refractivity contribution in [1.82, 2.24) is 10.3 Å². The Balaban J connectivity index is 2.10. The van der Waals surface area contributed by atoms with Crippen molar-refractivity contribution >= 4 is 11.3 Å². The van der Waals surface area contributed by atoms with E-state index in [1.165, 1.54) is 16.0 Å². The number of thiazole rings is 1. The van der Waals surface area contributed by atoms with Crippen molar-refractivity contribution in [3.05, 3.63) is 52.0 Å². The van der Waals surface area contributed by atoms with E-state index in [2.05, 4.69) is 48.4 Å². The Kier molecular flexibility index (Phi) is 4.90. The van der Waals surface area contributed by atoms with E-state index in [4.69, 9.17) is 0 Å². The molecule has 1 N–H and O–H groups in total. The smallest absolute Gasteiger partial charge is 0.0794 e. The second-order valence-corrected chi connectivity index (χ2v) is 5.52. The first-order chi connectivity index (χ1) is 8.79. The average Bonchev–Trinajstić information content (AvgIpc) is 2.88. The maximum atomic E-state index is 4.19. The quantitative estimate of drug-likeness (QED) is 0.856. The fourth-order valence-corrected chi connectivity index (χ4v) is 2.76. The van der Waals surface area contributed by atoms with Crippen LogP contribution in [0.4, 0.5) is 0 Å². The van der Waals surface area contributed by atoms with Gasteiger partial charge in [0.05, 0.1) is 5.51 Å². The highest BCUT2D eigenvalue weighted by Crippen LogP contribution is 2.22. The molecule has 0 amide bonds. The van der Waals surface area contributed by atoms with E-state index < -0.39 is 0 Å². The van der Waals surface area contributed by atoms with Gasteiger partial charge >= 0.3 is 0 Å². The third-order valence-corrected chi connectivity index (χ3v) is 3.85. The highest BCUT2D eigenvalue weighted by atomic mass is 32.1. The average molecular weight is 260 g/mol. The van der Waals surface area contributed by atoms with Gasteiger partial charge in [-0.25, -0.2) is 0 Å². The number of aryl methyl sites for hydroxylation is 1. The van der Waals surface area contributed by atoms with Crippen LogP contribution in [0, 0.1) is 6.92 Å². The van der Waals surface area contributed by atoms with Gasteiger partial charge in [-0.1, -0.05) is 36.8 Å². The van der Waals surface area contributed by atoms with Crippen LogP contribution >= 0.6 is 11.3 Å². The van der Waals surface area contributed by atoms with Gasteiger partial charge in [-0.2, -0.15) is 0 Å². The molecular formula is C15H20N2S. The van der Waals surface area contributed by atoms with E-state index in [-0.39, 0.29) is 0 Å². The number of aromatic nitrogens is 1. The molecule has 0 spiro atoms. The molecule has 2 aromatic rings. The van der Waals surface area contributed by atoms with Crippen molar-refractivity contribution in [3.8, 4) is 0 Å². The Morgan fingerprint density at radius 1 is 1.39 bits per heavy atom. The van der Waals surface area contributed by atoms with E-state index >= 15 is 0 Å². The number of nitrogens with zero attached hydrogens (tertiary/aromatic N) is 1. The van der Waals surface area contributed by atoms with Crippen LogP contribution in [0.2, 0.25) is 0 Å². The summed E-state index contributed by atoms with van der Waals surface area (Å²) in [6, 6.07) is 9.13. The second-order valence-electron chi connectivity index (χ2n) is 4.60. The van der Waals surface area contributed by atoms with Crippen LogP contribution in [-0.2, 0) is 6.42 Å². The SMILES string of the molecule is CCCNC(Cc1cccc(C)c1)c1cncs1. The topological polar surface area (TPSA) is 24.9 Å². The molecule has 0 saturated carbocycles. The summed E-state index contributed by atoms with van der Waals surface area (Å²) in [5.41, 5.74) is 4.62. The molecule has 1 aromatic carbocycles. The molecule has 1 heterocycles. The molecule has 18 heavy (non-hydrogen) atoms. The van der Waals surface area contributed by atoms with Crippen LogP contribution in [-0.4, -0.2) is 11.5 Å². The second kappa shape index (κ2) is 6.66. The van der Waals surface area contributed by atoms with Gasteiger partial charge in [0.15, 0.2) is 0 Å². The monoisotopic (exact) mass is 260 g/mol. The van der Waals surface area contributed by atoms with Gasteiger partial charge in [0.1, 0.15) is 0 Å². The molecule has 0 bridgehead atoms. The minimum absolute atomic E-state index is 0.388. The third kappa shape index (κ3) is 3.65. The molecule has 96 valence electrons. The van der Waals surface area contributed by atoms with Crippen LogP contribution in [0.3, 0.4) is 0 Å². The summed E-state index contributed by atoms with van der Waals surface area (Å²) in [5.74, 6) is 0. The maximum Gasteiger partial charge on any atom is 0.0794 e. The molecule has 1 unspecified atom stereocenters. The summed E-state index contributed by atoms with van der Waals surface area (Å²) < 4.78 is 0. The van der Waals surface area contributed by atoms with Gasteiger partial charge in [-0.3, -0.25) is 4.98 Å². The van der Waals surface area contributed by atoms with E-state index in [1.54, 1.807) is 11.3 Å². The summed E-state index contributed by atoms with van der Waals surface area (Å²) in [6.07, 6.45) is 4.17. The lowest BCUT2D eigenvalue weighted by atomic mass is 10.0. The van der Waals surface area contributed by atoms with Gasteiger partial charge in [-0.05, 0) is 31.9 Å². The lowest BCUT2D eigenvalue weighted by Gasteiger charge is -2.17. The molecule has 0 saturated heterocycles. The molecule has 0 aliphatic carbocycles. The van der Waals surface area contributed by atoms with Crippen molar-refractivity contribution in [3.63, 3.8) is 0 Å². The van der Waals surface area contributed by atoms with Crippen LogP contribution in [0.15, 0.2) is 36.0 Å². The van der Waals surface area contributed by atoms with E-state index in [1.807, 2.05) is 11.7 Å². The summed E-state index contributed by atoms with van der Waals surface area (Å²) in [6.45, 7) is 5.39. The highest BCUT2D eigenvalue weighted by molar-refractivity contribution is 7.09. The Morgan fingerprint density at radius 2 is 2.28 bits per heavy atom. The van der Waals surface area contributed by atoms with Gasteiger partial charge in [0.25, 0.3) is 0 Å². The fourth-order valence-electron chi connectivity index (χ4n) is 2.06. The normalized spacial score (nSPS) is 12.6. The Morgan fingerprint density at radius 3 is 2.94 bits per heavy atom. The minimum atomic E-state index is 0.388. The van der Waals surface area contributed by atoms with E-state index in [0.717, 1.165) is 19.4 Å². The number of nitrogens with one attached hydrogen (secondary N) is 1. The fraction of sp³-hybridized carbons (Fsp3) is 0.400. The van der Waals surface area contributed by atoms with Gasteiger partial charge in [0.2, 0.25) is 0 Å². The van der Waals surface area contributed by atoms with Crippen molar-refractivity contribution < 1.29 is 0 Å². The molecular weight excluding hydrogens is 240 g/mol. The van der Waals surface area contributed by atoms with Crippen molar-refractivity contribution in [2.45, 2.75) is 32.7 Å². The summed E-state index contributed by atoms with van der Waals surface area (Å²) in [4.78, 5) is 5.51. The first kappa shape index (κ1) is 13.2. The minimum Gasteiger partial charge on any atom is -0.309 e. The van der Waals surface area contributed by atoms with Gasteiger partial charge < -0.3 is 5.32 Å². The first-order valence-electron chi connectivity index (χ1n) is 6.47. The van der Waals surface area contributed by atoms with E-state index in [0.29, 0.717) is 6.04 Å². The Labute approximate surface area is 113 Å². The zero-order chi connectivity index (χ0) is 12.8. The van der Waals surface area contributed by atoms with Crippen LogP contribution in [0.25, 0.3) is 0 Å². The van der Waals surface area contributed by atoms with Crippen molar-refractivity contribution in [2.24, 2.45) is 0 Å². The number of hydrogen-bond acceptors (Lipinski definition) is 3. The summed E-state index contributed by atoms with van der Waals surface area (Å²) >= 11 is 1.73. The molecule has 2 rings (SSSR count). The largest absolute Gasteiger partial charge is 0.309 e. The number of hydrogen-bond donors (Lipinski definition) is 1. The Hall–Kier alpha value is -1.19. The molecule has 1 atom stereocenters. The van der Waals surface area contributed by atoms with Crippen molar-refractivity contribution in [2.75, 3.05) is 6.54 Å². The maximum absolute atomic E-state index is 4.19. The van der Waals surface area contributed by atoms with Gasteiger partial charge in [0, 0.05) is 17.1 Å². The summed E-state index contributed by atoms with van der Waals surface area (Å²) in [7, 11) is 0. The Bertz CT molecular complexity index is 465. The van der Waals surface area contributed by atoms with Crippen LogP contribution in [0.5, 0.6) is 0 Å². The standard InChI is InChI=1S/C15H20N2S/c1-3-7-17-14(15-10-16-11-18-15)9-13-6-4-5-12(2)8-13/h4-6,8,10-11,14,17H,3,7,9H2,1-2H3. The van der Waals surface area contributed by atoms with Crippen molar-refractivity contribution in [1.29, 1.82) is 0 Å². The zero-order valence-electron chi connectivity index (χ0n) is 11.0. The lowest BCUT2D eigenvalue weighted by molar-refractivity contribution is 0.536. The predicted molar refractivity (Wildman–Crippen MR) is 78.0 cm³/mol. The molecule has 1 aromatic heterocycles. The molecule has 0 aliphatic heterocycles. The van der Waals surface area contributed by atoms with Crippen LogP contribution < -0.4 is 5.32 Å². The zero-order valence-corrected chi connectivity index (χ0v) is 11.8. The molecule has 2 nitrogen and oxygen atoms in total. The number of benzene rings is 1. The predicted octanol–water partition coefficient (Wildman–Crippen LogP) is 3.73. The molecule has 0 aliphatic rings.